The Kier molecular flexibility index (Phi) is 6.04. The molecular weight excluding hydrogens is 285 g/mol. The number of nitrogens with zero attached hydrogens (tertiary/aromatic N) is 1. The van der Waals surface area contributed by atoms with E-state index in [-0.39, 0.29) is 18.5 Å². The quantitative estimate of drug-likeness (QED) is 0.765. The Bertz CT molecular complexity index is 361. The van der Waals surface area contributed by atoms with Crippen molar-refractivity contribution in [1.29, 1.82) is 0 Å². The normalized spacial score (nSPS) is 26.6. The summed E-state index contributed by atoms with van der Waals surface area (Å²) in [5.41, 5.74) is 5.09. The molecule has 1 aliphatic carbocycles. The molecular formula is C14H25F3N2O2. The van der Waals surface area contributed by atoms with Crippen LogP contribution in [0.3, 0.4) is 0 Å². The number of methoxy groups -OCH3 is 1. The van der Waals surface area contributed by atoms with E-state index in [0.29, 0.717) is 12.8 Å². The highest BCUT2D eigenvalue weighted by molar-refractivity contribution is 5.81. The number of esters is 1. The molecule has 0 aromatic rings. The van der Waals surface area contributed by atoms with Gasteiger partial charge in [0.15, 0.2) is 0 Å². The lowest BCUT2D eigenvalue weighted by Crippen LogP contribution is -2.52. The molecule has 0 aliphatic heterocycles. The van der Waals surface area contributed by atoms with Crippen molar-refractivity contribution >= 4 is 5.97 Å². The smallest absolute Gasteiger partial charge is 0.401 e. The Hall–Kier alpha value is -0.820. The van der Waals surface area contributed by atoms with Crippen LogP contribution in [0.2, 0.25) is 0 Å². The number of rotatable bonds is 6. The van der Waals surface area contributed by atoms with Crippen LogP contribution in [0.1, 0.15) is 39.5 Å². The van der Waals surface area contributed by atoms with E-state index in [1.807, 2.05) is 0 Å². The zero-order chi connectivity index (χ0) is 16.3. The van der Waals surface area contributed by atoms with Crippen LogP contribution in [0.25, 0.3) is 0 Å². The molecule has 124 valence electrons. The van der Waals surface area contributed by atoms with Gasteiger partial charge in [-0.2, -0.15) is 13.2 Å². The summed E-state index contributed by atoms with van der Waals surface area (Å²) in [5.74, 6) is -0.587. The molecule has 0 spiro atoms. The number of alkyl halides is 3. The Balaban J connectivity index is 2.65. The molecule has 0 heterocycles. The first-order valence-corrected chi connectivity index (χ1v) is 7.28. The van der Waals surface area contributed by atoms with E-state index >= 15 is 0 Å². The van der Waals surface area contributed by atoms with Crippen molar-refractivity contribution in [1.82, 2.24) is 4.90 Å². The van der Waals surface area contributed by atoms with Gasteiger partial charge < -0.3 is 10.5 Å². The first kappa shape index (κ1) is 18.2. The highest BCUT2D eigenvalue weighted by Gasteiger charge is 2.46. The van der Waals surface area contributed by atoms with Gasteiger partial charge in [0.25, 0.3) is 0 Å². The Labute approximate surface area is 123 Å². The van der Waals surface area contributed by atoms with E-state index in [4.69, 9.17) is 10.5 Å². The fourth-order valence-electron chi connectivity index (χ4n) is 3.04. The molecule has 0 amide bonds. The third-order valence-electron chi connectivity index (χ3n) is 4.31. The summed E-state index contributed by atoms with van der Waals surface area (Å²) in [4.78, 5) is 13.2. The van der Waals surface area contributed by atoms with Crippen molar-refractivity contribution in [2.45, 2.75) is 57.3 Å². The number of hydrogen-bond acceptors (Lipinski definition) is 4. The van der Waals surface area contributed by atoms with Gasteiger partial charge in [-0.3, -0.25) is 9.69 Å². The van der Waals surface area contributed by atoms with E-state index in [2.05, 4.69) is 0 Å². The first-order chi connectivity index (χ1) is 9.60. The minimum absolute atomic E-state index is 0.126. The van der Waals surface area contributed by atoms with E-state index in [9.17, 15) is 18.0 Å². The second kappa shape index (κ2) is 6.96. The molecule has 2 N–H and O–H groups in total. The molecule has 0 saturated heterocycles. The number of hydrogen-bond donors (Lipinski definition) is 1. The monoisotopic (exact) mass is 310 g/mol. The van der Waals surface area contributed by atoms with Crippen molar-refractivity contribution in [2.24, 2.45) is 11.7 Å². The van der Waals surface area contributed by atoms with Gasteiger partial charge in [0.2, 0.25) is 0 Å². The minimum atomic E-state index is -4.22. The van der Waals surface area contributed by atoms with Gasteiger partial charge in [-0.15, -0.1) is 0 Å². The van der Waals surface area contributed by atoms with Crippen LogP contribution in [0.4, 0.5) is 13.2 Å². The lowest BCUT2D eigenvalue weighted by molar-refractivity contribution is -0.152. The van der Waals surface area contributed by atoms with Gasteiger partial charge in [-0.1, -0.05) is 6.42 Å². The number of halogens is 3. The summed E-state index contributed by atoms with van der Waals surface area (Å²) < 4.78 is 42.4. The molecule has 21 heavy (non-hydrogen) atoms. The fourth-order valence-corrected chi connectivity index (χ4v) is 3.04. The third-order valence-corrected chi connectivity index (χ3v) is 4.31. The molecule has 7 heteroatoms. The molecule has 2 atom stereocenters. The maximum absolute atomic E-state index is 12.6. The minimum Gasteiger partial charge on any atom is -0.468 e. The maximum atomic E-state index is 12.6. The number of carbonyl (C=O) groups excluding carboxylic acids is 1. The maximum Gasteiger partial charge on any atom is 0.401 e. The van der Waals surface area contributed by atoms with Crippen molar-refractivity contribution in [3.05, 3.63) is 0 Å². The van der Waals surface area contributed by atoms with Gasteiger partial charge in [-0.25, -0.2) is 0 Å². The predicted octanol–water partition coefficient (Wildman–Crippen LogP) is 2.32. The Morgan fingerprint density at radius 1 is 1.48 bits per heavy atom. The summed E-state index contributed by atoms with van der Waals surface area (Å²) in [5, 5.41) is 0. The molecule has 0 bridgehead atoms. The molecule has 1 aliphatic rings. The van der Waals surface area contributed by atoms with Crippen molar-refractivity contribution < 1.29 is 22.7 Å². The van der Waals surface area contributed by atoms with E-state index in [0.717, 1.165) is 12.8 Å². The topological polar surface area (TPSA) is 55.6 Å². The largest absolute Gasteiger partial charge is 0.468 e. The zero-order valence-electron chi connectivity index (χ0n) is 12.9. The van der Waals surface area contributed by atoms with Crippen molar-refractivity contribution in [3.8, 4) is 0 Å². The highest BCUT2D eigenvalue weighted by Crippen LogP contribution is 2.37. The van der Waals surface area contributed by atoms with Crippen molar-refractivity contribution in [3.63, 3.8) is 0 Å². The SMILES string of the molecule is COC(=O)C1(N)CCCC1CCN(CC(F)(F)F)C(C)C. The third kappa shape index (κ3) is 4.85. The second-order valence-corrected chi connectivity index (χ2v) is 6.09. The Morgan fingerprint density at radius 2 is 2.10 bits per heavy atom. The van der Waals surface area contributed by atoms with Crippen LogP contribution >= 0.6 is 0 Å². The molecule has 0 aromatic carbocycles. The molecule has 4 nitrogen and oxygen atoms in total. The van der Waals surface area contributed by atoms with Crippen LogP contribution in [0.15, 0.2) is 0 Å². The van der Waals surface area contributed by atoms with E-state index in [1.54, 1.807) is 13.8 Å². The molecule has 0 aromatic heterocycles. The van der Waals surface area contributed by atoms with E-state index < -0.39 is 24.2 Å². The molecule has 1 saturated carbocycles. The molecule has 2 unspecified atom stereocenters. The second-order valence-electron chi connectivity index (χ2n) is 6.09. The zero-order valence-corrected chi connectivity index (χ0v) is 12.9. The van der Waals surface area contributed by atoms with Gasteiger partial charge >= 0.3 is 12.1 Å². The summed E-state index contributed by atoms with van der Waals surface area (Å²) in [6.45, 7) is 2.80. The average molecular weight is 310 g/mol. The van der Waals surface area contributed by atoms with Gasteiger partial charge in [0.1, 0.15) is 5.54 Å². The van der Waals surface area contributed by atoms with Gasteiger partial charge in [0, 0.05) is 6.04 Å². The molecule has 0 radical (unpaired) electrons. The number of carbonyl (C=O) groups is 1. The lowest BCUT2D eigenvalue weighted by atomic mass is 9.85. The van der Waals surface area contributed by atoms with Gasteiger partial charge in [0.05, 0.1) is 13.7 Å². The van der Waals surface area contributed by atoms with Crippen LogP contribution in [-0.2, 0) is 9.53 Å². The average Bonchev–Trinajstić information content (AvgIpc) is 2.74. The predicted molar refractivity (Wildman–Crippen MR) is 73.7 cm³/mol. The van der Waals surface area contributed by atoms with Crippen LogP contribution < -0.4 is 5.73 Å². The number of ether oxygens (including phenoxy) is 1. The Morgan fingerprint density at radius 3 is 2.57 bits per heavy atom. The highest BCUT2D eigenvalue weighted by atomic mass is 19.4. The van der Waals surface area contributed by atoms with Crippen LogP contribution in [0, 0.1) is 5.92 Å². The van der Waals surface area contributed by atoms with Crippen LogP contribution in [-0.4, -0.2) is 48.8 Å². The van der Waals surface area contributed by atoms with E-state index in [1.165, 1.54) is 12.0 Å². The first-order valence-electron chi connectivity index (χ1n) is 7.28. The summed E-state index contributed by atoms with van der Waals surface area (Å²) >= 11 is 0. The summed E-state index contributed by atoms with van der Waals surface area (Å²) in [7, 11) is 1.29. The lowest BCUT2D eigenvalue weighted by Gasteiger charge is -2.32. The molecule has 1 fully saturated rings. The summed E-state index contributed by atoms with van der Waals surface area (Å²) in [6, 6.07) is -0.210. The standard InChI is InChI=1S/C14H25F3N2O2/c1-10(2)19(9-14(15,16)17)8-6-11-5-4-7-13(11,18)12(20)21-3/h10-11H,4-9,18H2,1-3H3. The number of nitrogens with two attached hydrogens (primary N) is 1. The van der Waals surface area contributed by atoms with Gasteiger partial charge in [-0.05, 0) is 45.6 Å². The van der Waals surface area contributed by atoms with Crippen LogP contribution in [0.5, 0.6) is 0 Å². The summed E-state index contributed by atoms with van der Waals surface area (Å²) in [6.07, 6.45) is -1.66. The van der Waals surface area contributed by atoms with Crippen molar-refractivity contribution in [2.75, 3.05) is 20.2 Å². The fraction of sp³-hybridized carbons (Fsp3) is 0.929. The molecule has 1 rings (SSSR count).